The van der Waals surface area contributed by atoms with Crippen LogP contribution in [-0.4, -0.2) is 62.7 Å². The Labute approximate surface area is 128 Å². The summed E-state index contributed by atoms with van der Waals surface area (Å²) in [6.07, 6.45) is 3.62. The number of rotatable bonds is 9. The number of nitrogens with zero attached hydrogens (tertiary/aromatic N) is 2. The van der Waals surface area contributed by atoms with Crippen LogP contribution in [0.25, 0.3) is 0 Å². The van der Waals surface area contributed by atoms with Crippen molar-refractivity contribution < 1.29 is 9.53 Å². The van der Waals surface area contributed by atoms with Crippen LogP contribution < -0.4 is 10.6 Å². The van der Waals surface area contributed by atoms with Gasteiger partial charge < -0.3 is 20.3 Å². The average molecular weight is 298 g/mol. The summed E-state index contributed by atoms with van der Waals surface area (Å²) in [5.41, 5.74) is 0. The fourth-order valence-corrected chi connectivity index (χ4v) is 2.57. The molecule has 1 saturated heterocycles. The highest BCUT2D eigenvalue weighted by atomic mass is 16.5. The van der Waals surface area contributed by atoms with E-state index < -0.39 is 0 Å². The molecule has 0 spiro atoms. The molecule has 6 nitrogen and oxygen atoms in total. The molecule has 0 aliphatic carbocycles. The van der Waals surface area contributed by atoms with Crippen LogP contribution in [0.3, 0.4) is 0 Å². The number of methoxy groups -OCH3 is 1. The Kier molecular flexibility index (Phi) is 8.82. The SMILES string of the molecule is CCNC(=NCCC(CC)N1CCCC1=O)NCCOC. The van der Waals surface area contributed by atoms with Gasteiger partial charge in [-0.2, -0.15) is 0 Å². The minimum absolute atomic E-state index is 0.302. The summed E-state index contributed by atoms with van der Waals surface area (Å²) in [7, 11) is 1.69. The monoisotopic (exact) mass is 298 g/mol. The zero-order valence-corrected chi connectivity index (χ0v) is 13.7. The Morgan fingerprint density at radius 1 is 1.43 bits per heavy atom. The summed E-state index contributed by atoms with van der Waals surface area (Å²) in [5, 5.41) is 6.44. The number of likely N-dealkylation sites (tertiary alicyclic amines) is 1. The lowest BCUT2D eigenvalue weighted by atomic mass is 10.1. The fraction of sp³-hybridized carbons (Fsp3) is 0.867. The summed E-state index contributed by atoms with van der Waals surface area (Å²) in [6.45, 7) is 8.06. The van der Waals surface area contributed by atoms with Gasteiger partial charge in [0.2, 0.25) is 5.91 Å². The van der Waals surface area contributed by atoms with E-state index in [1.807, 2.05) is 11.8 Å². The van der Waals surface area contributed by atoms with Gasteiger partial charge in [-0.25, -0.2) is 0 Å². The third kappa shape index (κ3) is 6.33. The third-order valence-electron chi connectivity index (χ3n) is 3.70. The first-order valence-electron chi connectivity index (χ1n) is 8.03. The molecule has 1 fully saturated rings. The van der Waals surface area contributed by atoms with E-state index >= 15 is 0 Å². The molecule has 1 heterocycles. The van der Waals surface area contributed by atoms with Gasteiger partial charge in [0, 0.05) is 45.8 Å². The van der Waals surface area contributed by atoms with Crippen molar-refractivity contribution in [2.75, 3.05) is 39.9 Å². The van der Waals surface area contributed by atoms with Crippen LogP contribution in [-0.2, 0) is 9.53 Å². The van der Waals surface area contributed by atoms with Gasteiger partial charge in [0.15, 0.2) is 5.96 Å². The van der Waals surface area contributed by atoms with Crippen LogP contribution in [0.1, 0.15) is 39.5 Å². The highest BCUT2D eigenvalue weighted by Crippen LogP contribution is 2.17. The molecule has 122 valence electrons. The second kappa shape index (κ2) is 10.4. The first-order valence-corrected chi connectivity index (χ1v) is 8.03. The van der Waals surface area contributed by atoms with Gasteiger partial charge in [0.25, 0.3) is 0 Å². The van der Waals surface area contributed by atoms with Crippen LogP contribution in [0.5, 0.6) is 0 Å². The van der Waals surface area contributed by atoms with E-state index in [9.17, 15) is 4.79 Å². The summed E-state index contributed by atoms with van der Waals surface area (Å²) < 4.78 is 5.02. The average Bonchev–Trinajstić information content (AvgIpc) is 2.90. The van der Waals surface area contributed by atoms with Crippen molar-refractivity contribution in [2.45, 2.75) is 45.6 Å². The molecule has 1 amide bonds. The van der Waals surface area contributed by atoms with Crippen LogP contribution in [0.15, 0.2) is 4.99 Å². The zero-order chi connectivity index (χ0) is 15.5. The molecule has 0 bridgehead atoms. The van der Waals surface area contributed by atoms with Crippen molar-refractivity contribution in [1.29, 1.82) is 0 Å². The van der Waals surface area contributed by atoms with E-state index in [-0.39, 0.29) is 0 Å². The van der Waals surface area contributed by atoms with Crippen LogP contribution in [0, 0.1) is 0 Å². The maximum Gasteiger partial charge on any atom is 0.222 e. The maximum atomic E-state index is 11.8. The smallest absolute Gasteiger partial charge is 0.222 e. The highest BCUT2D eigenvalue weighted by Gasteiger charge is 2.26. The number of carbonyl (C=O) groups excluding carboxylic acids is 1. The predicted octanol–water partition coefficient (Wildman–Crippen LogP) is 0.979. The van der Waals surface area contributed by atoms with Crippen LogP contribution >= 0.6 is 0 Å². The number of hydrogen-bond acceptors (Lipinski definition) is 3. The van der Waals surface area contributed by atoms with Crippen molar-refractivity contribution in [2.24, 2.45) is 4.99 Å². The Hall–Kier alpha value is -1.30. The Morgan fingerprint density at radius 2 is 2.24 bits per heavy atom. The molecule has 0 saturated carbocycles. The van der Waals surface area contributed by atoms with Crippen molar-refractivity contribution in [3.8, 4) is 0 Å². The second-order valence-corrected chi connectivity index (χ2v) is 5.22. The third-order valence-corrected chi connectivity index (χ3v) is 3.70. The molecule has 2 N–H and O–H groups in total. The lowest BCUT2D eigenvalue weighted by Crippen LogP contribution is -2.39. The van der Waals surface area contributed by atoms with Crippen molar-refractivity contribution in [3.05, 3.63) is 0 Å². The molecule has 1 aliphatic rings. The number of ether oxygens (including phenoxy) is 1. The fourth-order valence-electron chi connectivity index (χ4n) is 2.57. The van der Waals surface area contributed by atoms with Gasteiger partial charge >= 0.3 is 0 Å². The molecule has 1 atom stereocenters. The predicted molar refractivity (Wildman–Crippen MR) is 85.5 cm³/mol. The van der Waals surface area contributed by atoms with Crippen molar-refractivity contribution in [1.82, 2.24) is 15.5 Å². The summed E-state index contributed by atoms with van der Waals surface area (Å²) in [4.78, 5) is 18.4. The van der Waals surface area contributed by atoms with Gasteiger partial charge in [-0.3, -0.25) is 9.79 Å². The number of hydrogen-bond donors (Lipinski definition) is 2. The van der Waals surface area contributed by atoms with Gasteiger partial charge in [0.1, 0.15) is 0 Å². The molecule has 1 aliphatic heterocycles. The van der Waals surface area contributed by atoms with Crippen molar-refractivity contribution in [3.63, 3.8) is 0 Å². The van der Waals surface area contributed by atoms with Crippen LogP contribution in [0.2, 0.25) is 0 Å². The Bertz CT molecular complexity index is 334. The molecule has 6 heteroatoms. The molecule has 0 aromatic carbocycles. The van der Waals surface area contributed by atoms with E-state index in [2.05, 4.69) is 22.5 Å². The molecule has 0 aromatic rings. The molecular formula is C15H30N4O2. The first kappa shape index (κ1) is 17.8. The lowest BCUT2D eigenvalue weighted by Gasteiger charge is -2.26. The second-order valence-electron chi connectivity index (χ2n) is 5.22. The van der Waals surface area contributed by atoms with Gasteiger partial charge in [-0.1, -0.05) is 6.92 Å². The first-order chi connectivity index (χ1) is 10.2. The molecule has 0 aromatic heterocycles. The quantitative estimate of drug-likeness (QED) is 0.378. The number of aliphatic imine (C=N–C) groups is 1. The lowest BCUT2D eigenvalue weighted by molar-refractivity contribution is -0.129. The molecule has 1 rings (SSSR count). The number of carbonyl (C=O) groups is 1. The zero-order valence-electron chi connectivity index (χ0n) is 13.7. The Morgan fingerprint density at radius 3 is 2.81 bits per heavy atom. The van der Waals surface area contributed by atoms with Crippen LogP contribution in [0.4, 0.5) is 0 Å². The normalized spacial score (nSPS) is 17.2. The van der Waals surface area contributed by atoms with Crippen molar-refractivity contribution >= 4 is 11.9 Å². The standard InChI is InChI=1S/C15H30N4O2/c1-4-13(19-11-6-7-14(19)20)8-9-17-15(16-5-2)18-10-12-21-3/h13H,4-12H2,1-3H3,(H2,16,17,18). The van der Waals surface area contributed by atoms with Gasteiger partial charge in [0.05, 0.1) is 6.61 Å². The maximum absolute atomic E-state index is 11.8. The molecule has 21 heavy (non-hydrogen) atoms. The topological polar surface area (TPSA) is 66.0 Å². The van der Waals surface area contributed by atoms with E-state index in [1.54, 1.807) is 7.11 Å². The number of amides is 1. The van der Waals surface area contributed by atoms with E-state index in [4.69, 9.17) is 4.74 Å². The summed E-state index contributed by atoms with van der Waals surface area (Å²) >= 11 is 0. The molecular weight excluding hydrogens is 268 g/mol. The van der Waals surface area contributed by atoms with E-state index in [0.29, 0.717) is 25.0 Å². The van der Waals surface area contributed by atoms with E-state index in [0.717, 1.165) is 51.4 Å². The molecule has 0 radical (unpaired) electrons. The Balaban J connectivity index is 2.41. The van der Waals surface area contributed by atoms with Gasteiger partial charge in [-0.15, -0.1) is 0 Å². The number of guanidine groups is 1. The minimum Gasteiger partial charge on any atom is -0.383 e. The highest BCUT2D eigenvalue weighted by molar-refractivity contribution is 5.79. The van der Waals surface area contributed by atoms with E-state index in [1.165, 1.54) is 0 Å². The summed E-state index contributed by atoms with van der Waals surface area (Å²) in [5.74, 6) is 1.12. The molecule has 1 unspecified atom stereocenters. The minimum atomic E-state index is 0.302. The van der Waals surface area contributed by atoms with Gasteiger partial charge in [-0.05, 0) is 26.2 Å². The summed E-state index contributed by atoms with van der Waals surface area (Å²) in [6, 6.07) is 0.325. The largest absolute Gasteiger partial charge is 0.383 e. The number of nitrogens with one attached hydrogen (secondary N) is 2.